The Balaban J connectivity index is 1.85. The van der Waals surface area contributed by atoms with Crippen LogP contribution in [0.2, 0.25) is 0 Å². The van der Waals surface area contributed by atoms with E-state index in [9.17, 15) is 19.7 Å². The quantitative estimate of drug-likeness (QED) is 0.268. The summed E-state index contributed by atoms with van der Waals surface area (Å²) in [6.45, 7) is 0. The fourth-order valence-electron chi connectivity index (χ4n) is 2.41. The zero-order valence-electron chi connectivity index (χ0n) is 14.5. The van der Waals surface area contributed by atoms with Gasteiger partial charge in [-0.05, 0) is 50.1 Å². The monoisotopic (exact) mass is 522 g/mol. The number of nitro groups is 1. The summed E-state index contributed by atoms with van der Waals surface area (Å²) < 4.78 is 11.2. The van der Waals surface area contributed by atoms with E-state index in [0.717, 1.165) is 0 Å². The lowest BCUT2D eigenvalue weighted by molar-refractivity contribution is -0.384. The number of benzene rings is 2. The van der Waals surface area contributed by atoms with Gasteiger partial charge in [-0.2, -0.15) is 0 Å². The summed E-state index contributed by atoms with van der Waals surface area (Å²) in [5.74, 6) is -1.52. The first kappa shape index (κ1) is 20.7. The summed E-state index contributed by atoms with van der Waals surface area (Å²) in [5.41, 5.74) is 0.602. The van der Waals surface area contributed by atoms with Gasteiger partial charge >= 0.3 is 5.97 Å². The fraction of sp³-hybridized carbons (Fsp3) is 0.0526. The van der Waals surface area contributed by atoms with Crippen molar-refractivity contribution >= 4 is 55.1 Å². The van der Waals surface area contributed by atoms with E-state index >= 15 is 0 Å². The summed E-state index contributed by atoms with van der Waals surface area (Å²) in [5, 5.41) is 13.5. The van der Waals surface area contributed by atoms with E-state index in [-0.39, 0.29) is 11.4 Å². The number of anilines is 1. The number of furan rings is 1. The van der Waals surface area contributed by atoms with Crippen LogP contribution in [0.15, 0.2) is 74.2 Å². The van der Waals surface area contributed by atoms with Crippen LogP contribution >= 0.6 is 31.9 Å². The molecule has 0 fully saturated rings. The van der Waals surface area contributed by atoms with Gasteiger partial charge in [0, 0.05) is 22.2 Å². The van der Waals surface area contributed by atoms with Crippen molar-refractivity contribution in [2.24, 2.45) is 0 Å². The van der Waals surface area contributed by atoms with Crippen molar-refractivity contribution in [2.45, 2.75) is 6.10 Å². The molecule has 148 valence electrons. The van der Waals surface area contributed by atoms with Gasteiger partial charge in [-0.25, -0.2) is 4.79 Å². The molecular formula is C19H12Br2N2O6. The Labute approximate surface area is 181 Å². The van der Waals surface area contributed by atoms with E-state index in [1.165, 1.54) is 30.3 Å². The number of hydrogen-bond acceptors (Lipinski definition) is 6. The molecule has 1 N–H and O–H groups in total. The van der Waals surface area contributed by atoms with Gasteiger partial charge in [0.05, 0.1) is 10.6 Å². The minimum absolute atomic E-state index is 0.0675. The molecule has 1 heterocycles. The lowest BCUT2D eigenvalue weighted by Crippen LogP contribution is -2.26. The number of carbonyl (C=O) groups is 2. The summed E-state index contributed by atoms with van der Waals surface area (Å²) in [6, 6.07) is 15.3. The summed E-state index contributed by atoms with van der Waals surface area (Å²) in [4.78, 5) is 35.6. The van der Waals surface area contributed by atoms with Crippen molar-refractivity contribution in [3.63, 3.8) is 0 Å². The molecule has 2 aromatic carbocycles. The second-order valence-corrected chi connectivity index (χ2v) is 7.35. The number of esters is 1. The van der Waals surface area contributed by atoms with Crippen LogP contribution in [0.3, 0.4) is 0 Å². The van der Waals surface area contributed by atoms with Crippen LogP contribution in [-0.2, 0) is 9.53 Å². The number of non-ortho nitro benzene ring substituents is 1. The number of amides is 1. The molecule has 10 heteroatoms. The summed E-state index contributed by atoms with van der Waals surface area (Å²) >= 11 is 6.29. The first-order chi connectivity index (χ1) is 13.8. The zero-order valence-corrected chi connectivity index (χ0v) is 17.7. The van der Waals surface area contributed by atoms with E-state index in [1.807, 2.05) is 0 Å². The van der Waals surface area contributed by atoms with Crippen LogP contribution in [0, 0.1) is 10.1 Å². The molecule has 0 spiro atoms. The number of halogens is 2. The molecule has 0 saturated carbocycles. The Bertz CT molecular complexity index is 1070. The average molecular weight is 524 g/mol. The van der Waals surface area contributed by atoms with Crippen molar-refractivity contribution in [1.29, 1.82) is 0 Å². The van der Waals surface area contributed by atoms with Crippen LogP contribution in [0.25, 0.3) is 0 Å². The maximum Gasteiger partial charge on any atom is 0.375 e. The third kappa shape index (κ3) is 5.09. The first-order valence-corrected chi connectivity index (χ1v) is 9.70. The maximum atomic E-state index is 12.9. The number of hydrogen-bond donors (Lipinski definition) is 1. The number of carbonyl (C=O) groups excluding carboxylic acids is 2. The molecule has 0 saturated heterocycles. The van der Waals surface area contributed by atoms with E-state index in [2.05, 4.69) is 37.2 Å². The predicted octanol–water partition coefficient (Wildman–Crippen LogP) is 5.25. The lowest BCUT2D eigenvalue weighted by Gasteiger charge is -2.18. The number of nitrogens with one attached hydrogen (secondary N) is 1. The molecule has 1 unspecified atom stereocenters. The van der Waals surface area contributed by atoms with Crippen molar-refractivity contribution in [2.75, 3.05) is 5.32 Å². The van der Waals surface area contributed by atoms with Gasteiger partial charge in [0.25, 0.3) is 11.6 Å². The van der Waals surface area contributed by atoms with E-state index < -0.39 is 22.9 Å². The van der Waals surface area contributed by atoms with E-state index in [1.54, 1.807) is 30.3 Å². The normalized spacial score (nSPS) is 11.5. The minimum atomic E-state index is -1.27. The van der Waals surface area contributed by atoms with Gasteiger partial charge in [-0.1, -0.05) is 30.3 Å². The Kier molecular flexibility index (Phi) is 6.45. The predicted molar refractivity (Wildman–Crippen MR) is 110 cm³/mol. The molecule has 0 radical (unpaired) electrons. The van der Waals surface area contributed by atoms with E-state index in [0.29, 0.717) is 20.4 Å². The molecule has 0 aliphatic rings. The second-order valence-electron chi connectivity index (χ2n) is 5.71. The minimum Gasteiger partial charge on any atom is -0.442 e. The molecule has 0 aliphatic carbocycles. The van der Waals surface area contributed by atoms with Crippen LogP contribution in [0.4, 0.5) is 11.4 Å². The smallest absolute Gasteiger partial charge is 0.375 e. The van der Waals surface area contributed by atoms with Gasteiger partial charge in [-0.3, -0.25) is 14.9 Å². The summed E-state index contributed by atoms with van der Waals surface area (Å²) in [6.07, 6.45) is -1.27. The molecule has 3 aromatic rings. The lowest BCUT2D eigenvalue weighted by atomic mass is 10.1. The highest BCUT2D eigenvalue weighted by atomic mass is 79.9. The Morgan fingerprint density at radius 3 is 2.38 bits per heavy atom. The Hall–Kier alpha value is -2.98. The van der Waals surface area contributed by atoms with Crippen molar-refractivity contribution < 1.29 is 23.7 Å². The van der Waals surface area contributed by atoms with Gasteiger partial charge in [0.1, 0.15) is 0 Å². The second kappa shape index (κ2) is 9.01. The zero-order chi connectivity index (χ0) is 21.0. The molecule has 0 aliphatic heterocycles. The average Bonchev–Trinajstić information content (AvgIpc) is 3.14. The largest absolute Gasteiger partial charge is 0.442 e. The molecule has 1 amide bonds. The Morgan fingerprint density at radius 2 is 1.79 bits per heavy atom. The molecule has 29 heavy (non-hydrogen) atoms. The molecule has 1 aromatic heterocycles. The number of nitro benzene ring substituents is 1. The van der Waals surface area contributed by atoms with Crippen LogP contribution < -0.4 is 5.32 Å². The third-order valence-electron chi connectivity index (χ3n) is 3.76. The number of ether oxygens (including phenoxy) is 1. The molecule has 8 nitrogen and oxygen atoms in total. The highest BCUT2D eigenvalue weighted by molar-refractivity contribution is 9.10. The van der Waals surface area contributed by atoms with Crippen molar-refractivity contribution in [3.05, 3.63) is 91.2 Å². The van der Waals surface area contributed by atoms with E-state index in [4.69, 9.17) is 9.15 Å². The van der Waals surface area contributed by atoms with Crippen LogP contribution in [0.1, 0.15) is 22.2 Å². The molecule has 0 bridgehead atoms. The maximum absolute atomic E-state index is 12.9. The first-order valence-electron chi connectivity index (χ1n) is 8.11. The molecule has 3 rings (SSSR count). The third-order valence-corrected chi connectivity index (χ3v) is 4.84. The van der Waals surface area contributed by atoms with Gasteiger partial charge in [0.2, 0.25) is 11.9 Å². The van der Waals surface area contributed by atoms with Gasteiger partial charge in [-0.15, -0.1) is 0 Å². The highest BCUT2D eigenvalue weighted by Crippen LogP contribution is 2.29. The number of rotatable bonds is 6. The Morgan fingerprint density at radius 1 is 1.07 bits per heavy atom. The van der Waals surface area contributed by atoms with Gasteiger partial charge in [0.15, 0.2) is 4.67 Å². The van der Waals surface area contributed by atoms with Crippen LogP contribution in [0.5, 0.6) is 0 Å². The fourth-order valence-corrected chi connectivity index (χ4v) is 3.18. The molecular weight excluding hydrogens is 512 g/mol. The molecule has 1 atom stereocenters. The summed E-state index contributed by atoms with van der Waals surface area (Å²) in [7, 11) is 0. The number of nitrogens with zero attached hydrogens (tertiary/aromatic N) is 1. The topological polar surface area (TPSA) is 112 Å². The standard InChI is InChI=1S/C19H12Br2N2O6/c20-13-10-12(23(26)27)6-7-14(13)22-18(24)17(11-4-2-1-3-5-11)29-19(25)15-8-9-16(21)28-15/h1-10,17H,(H,22,24). The van der Waals surface area contributed by atoms with Crippen LogP contribution in [-0.4, -0.2) is 16.8 Å². The SMILES string of the molecule is O=C(OC(C(=O)Nc1ccc([N+](=O)[O-])cc1Br)c1ccccc1)c1ccc(Br)o1. The van der Waals surface area contributed by atoms with Gasteiger partial charge < -0.3 is 14.5 Å². The highest BCUT2D eigenvalue weighted by Gasteiger charge is 2.27. The van der Waals surface area contributed by atoms with Crippen molar-refractivity contribution in [3.8, 4) is 0 Å². The van der Waals surface area contributed by atoms with Crippen molar-refractivity contribution in [1.82, 2.24) is 0 Å².